The molecule has 0 saturated carbocycles. The van der Waals surface area contributed by atoms with E-state index in [1.165, 1.54) is 32.5 Å². The maximum Gasteiger partial charge on any atom is 0.125 e. The Balaban J connectivity index is 2.24. The average molecular weight is 267 g/mol. The van der Waals surface area contributed by atoms with Crippen LogP contribution in [0.4, 0.5) is 0 Å². The fraction of sp³-hybridized carbons (Fsp3) is 0.235. The van der Waals surface area contributed by atoms with Crippen LogP contribution >= 0.6 is 11.3 Å². The third-order valence-corrected chi connectivity index (χ3v) is 4.49. The van der Waals surface area contributed by atoms with Gasteiger partial charge in [0.25, 0.3) is 0 Å². The van der Waals surface area contributed by atoms with Gasteiger partial charge in [0.05, 0.1) is 10.2 Å². The van der Waals surface area contributed by atoms with Gasteiger partial charge in [-0.3, -0.25) is 0 Å². The first-order valence-electron chi connectivity index (χ1n) is 6.50. The second-order valence-corrected chi connectivity index (χ2v) is 6.29. The summed E-state index contributed by atoms with van der Waals surface area (Å²) in [6, 6.07) is 11.0. The summed E-state index contributed by atoms with van der Waals surface area (Å²) < 4.78 is 1.26. The van der Waals surface area contributed by atoms with Crippen LogP contribution in [0.25, 0.3) is 20.8 Å². The van der Waals surface area contributed by atoms with Crippen LogP contribution in [0.1, 0.15) is 22.3 Å². The van der Waals surface area contributed by atoms with Crippen molar-refractivity contribution in [2.75, 3.05) is 0 Å². The molecule has 3 aromatic rings. The van der Waals surface area contributed by atoms with Gasteiger partial charge in [-0.05, 0) is 56.5 Å². The molecule has 0 N–H and O–H groups in total. The highest BCUT2D eigenvalue weighted by molar-refractivity contribution is 7.21. The molecule has 2 heteroatoms. The van der Waals surface area contributed by atoms with Crippen LogP contribution in [-0.2, 0) is 0 Å². The second kappa shape index (κ2) is 4.46. The highest BCUT2D eigenvalue weighted by Gasteiger charge is 2.11. The zero-order valence-corrected chi connectivity index (χ0v) is 12.6. The minimum absolute atomic E-state index is 1.11. The molecule has 0 radical (unpaired) electrons. The molecule has 0 bridgehead atoms. The number of rotatable bonds is 1. The van der Waals surface area contributed by atoms with Crippen LogP contribution in [0, 0.1) is 27.7 Å². The minimum atomic E-state index is 1.11. The van der Waals surface area contributed by atoms with Gasteiger partial charge in [-0.1, -0.05) is 23.8 Å². The summed E-state index contributed by atoms with van der Waals surface area (Å²) in [4.78, 5) is 4.81. The quantitative estimate of drug-likeness (QED) is 0.590. The van der Waals surface area contributed by atoms with Gasteiger partial charge in [0.1, 0.15) is 5.01 Å². The average Bonchev–Trinajstić information content (AvgIpc) is 2.69. The number of hydrogen-bond acceptors (Lipinski definition) is 2. The molecule has 0 aliphatic heterocycles. The van der Waals surface area contributed by atoms with Gasteiger partial charge in [-0.2, -0.15) is 0 Å². The van der Waals surface area contributed by atoms with E-state index >= 15 is 0 Å². The first-order chi connectivity index (χ1) is 9.04. The van der Waals surface area contributed by atoms with Crippen LogP contribution in [-0.4, -0.2) is 4.98 Å². The van der Waals surface area contributed by atoms with Crippen LogP contribution in [0.15, 0.2) is 30.3 Å². The van der Waals surface area contributed by atoms with E-state index in [1.54, 1.807) is 11.3 Å². The normalized spacial score (nSPS) is 11.2. The van der Waals surface area contributed by atoms with Gasteiger partial charge in [0.15, 0.2) is 0 Å². The smallest absolute Gasteiger partial charge is 0.125 e. The second-order valence-electron chi connectivity index (χ2n) is 5.26. The molecule has 0 amide bonds. The van der Waals surface area contributed by atoms with Gasteiger partial charge in [0, 0.05) is 5.56 Å². The lowest BCUT2D eigenvalue weighted by Crippen LogP contribution is -1.89. The number of thiazole rings is 1. The molecule has 2 aromatic carbocycles. The molecule has 0 atom stereocenters. The fourth-order valence-electron chi connectivity index (χ4n) is 2.66. The molecule has 0 unspecified atom stereocenters. The molecule has 19 heavy (non-hydrogen) atoms. The van der Waals surface area contributed by atoms with E-state index in [0.717, 1.165) is 10.5 Å². The predicted molar refractivity (Wildman–Crippen MR) is 84.0 cm³/mol. The Morgan fingerprint density at radius 2 is 1.53 bits per heavy atom. The van der Waals surface area contributed by atoms with Crippen molar-refractivity contribution < 1.29 is 0 Å². The molecule has 3 rings (SSSR count). The number of benzene rings is 2. The van der Waals surface area contributed by atoms with Gasteiger partial charge in [-0.15, -0.1) is 11.3 Å². The molecule has 0 aliphatic carbocycles. The van der Waals surface area contributed by atoms with E-state index < -0.39 is 0 Å². The summed E-state index contributed by atoms with van der Waals surface area (Å²) in [5.41, 5.74) is 7.61. The summed E-state index contributed by atoms with van der Waals surface area (Å²) in [6.45, 7) is 8.60. The first kappa shape index (κ1) is 12.4. The number of aryl methyl sites for hydroxylation is 4. The lowest BCUT2D eigenvalue weighted by molar-refractivity contribution is 1.31. The Hall–Kier alpha value is -1.67. The van der Waals surface area contributed by atoms with E-state index in [4.69, 9.17) is 4.98 Å². The van der Waals surface area contributed by atoms with E-state index in [0.29, 0.717) is 0 Å². The summed E-state index contributed by atoms with van der Waals surface area (Å²) in [5, 5.41) is 1.13. The zero-order valence-electron chi connectivity index (χ0n) is 11.7. The van der Waals surface area contributed by atoms with Gasteiger partial charge in [0.2, 0.25) is 0 Å². The SMILES string of the molecule is Cc1cc(C)c(-c2nc3cc(C)ccc3s2)c(C)c1. The molecule has 1 heterocycles. The van der Waals surface area contributed by atoms with Crippen molar-refractivity contribution in [3.05, 3.63) is 52.6 Å². The van der Waals surface area contributed by atoms with Gasteiger partial charge >= 0.3 is 0 Å². The Morgan fingerprint density at radius 3 is 2.21 bits per heavy atom. The maximum atomic E-state index is 4.81. The molecular weight excluding hydrogens is 250 g/mol. The van der Waals surface area contributed by atoms with Crippen molar-refractivity contribution in [2.24, 2.45) is 0 Å². The number of fused-ring (bicyclic) bond motifs is 1. The van der Waals surface area contributed by atoms with E-state index in [-0.39, 0.29) is 0 Å². The summed E-state index contributed by atoms with van der Waals surface area (Å²) in [6.07, 6.45) is 0. The number of hydrogen-bond donors (Lipinski definition) is 0. The summed E-state index contributed by atoms with van der Waals surface area (Å²) >= 11 is 1.78. The Kier molecular flexibility index (Phi) is 2.90. The van der Waals surface area contributed by atoms with E-state index in [9.17, 15) is 0 Å². The Labute approximate surface area is 117 Å². The summed E-state index contributed by atoms with van der Waals surface area (Å²) in [5.74, 6) is 0. The molecule has 0 aliphatic rings. The van der Waals surface area contributed by atoms with Gasteiger partial charge < -0.3 is 0 Å². The van der Waals surface area contributed by atoms with Crippen LogP contribution in [0.5, 0.6) is 0 Å². The van der Waals surface area contributed by atoms with Crippen LogP contribution in [0.2, 0.25) is 0 Å². The fourth-order valence-corrected chi connectivity index (χ4v) is 3.78. The largest absolute Gasteiger partial charge is 0.236 e. The highest BCUT2D eigenvalue weighted by Crippen LogP contribution is 2.34. The lowest BCUT2D eigenvalue weighted by atomic mass is 10.0. The van der Waals surface area contributed by atoms with Crippen molar-refractivity contribution in [3.8, 4) is 10.6 Å². The molecule has 1 aromatic heterocycles. The topological polar surface area (TPSA) is 12.9 Å². The Morgan fingerprint density at radius 1 is 0.842 bits per heavy atom. The predicted octanol–water partition coefficient (Wildman–Crippen LogP) is 5.20. The van der Waals surface area contributed by atoms with Crippen LogP contribution < -0.4 is 0 Å². The van der Waals surface area contributed by atoms with Crippen LogP contribution in [0.3, 0.4) is 0 Å². The zero-order chi connectivity index (χ0) is 13.6. The standard InChI is InChI=1S/C17H17NS/c1-10-5-6-15-14(9-10)18-17(19-15)16-12(3)7-11(2)8-13(16)4/h5-9H,1-4H3. The van der Waals surface area contributed by atoms with Crippen molar-refractivity contribution in [1.82, 2.24) is 4.98 Å². The molecular formula is C17H17NS. The first-order valence-corrected chi connectivity index (χ1v) is 7.31. The highest BCUT2D eigenvalue weighted by atomic mass is 32.1. The van der Waals surface area contributed by atoms with Crippen molar-refractivity contribution in [3.63, 3.8) is 0 Å². The third kappa shape index (κ3) is 2.17. The molecule has 1 nitrogen and oxygen atoms in total. The molecule has 0 fully saturated rings. The van der Waals surface area contributed by atoms with Crippen molar-refractivity contribution >= 4 is 21.6 Å². The van der Waals surface area contributed by atoms with E-state index in [1.807, 2.05) is 0 Å². The molecule has 0 saturated heterocycles. The molecule has 0 spiro atoms. The number of nitrogens with zero attached hydrogens (tertiary/aromatic N) is 1. The van der Waals surface area contributed by atoms with Crippen molar-refractivity contribution in [1.29, 1.82) is 0 Å². The van der Waals surface area contributed by atoms with Gasteiger partial charge in [-0.25, -0.2) is 4.98 Å². The minimum Gasteiger partial charge on any atom is -0.236 e. The monoisotopic (exact) mass is 267 g/mol. The summed E-state index contributed by atoms with van der Waals surface area (Å²) in [7, 11) is 0. The maximum absolute atomic E-state index is 4.81. The van der Waals surface area contributed by atoms with E-state index in [2.05, 4.69) is 58.0 Å². The molecule has 96 valence electrons. The Bertz CT molecular complexity index is 745. The third-order valence-electron chi connectivity index (χ3n) is 3.43. The lowest BCUT2D eigenvalue weighted by Gasteiger charge is -2.08. The van der Waals surface area contributed by atoms with Crippen molar-refractivity contribution in [2.45, 2.75) is 27.7 Å². The number of aromatic nitrogens is 1.